The highest BCUT2D eigenvalue weighted by Crippen LogP contribution is 2.26. The van der Waals surface area contributed by atoms with Crippen LogP contribution in [0.4, 0.5) is 0 Å². The van der Waals surface area contributed by atoms with Crippen molar-refractivity contribution in [3.05, 3.63) is 78.6 Å². The smallest absolute Gasteiger partial charge is 0.494 e. The Kier molecular flexibility index (Phi) is 8.00. The molecule has 3 aromatic rings. The van der Waals surface area contributed by atoms with Crippen molar-refractivity contribution in [1.82, 2.24) is 9.88 Å². The third-order valence-corrected chi connectivity index (χ3v) is 5.43. The molecule has 1 saturated heterocycles. The van der Waals surface area contributed by atoms with Crippen molar-refractivity contribution in [2.24, 2.45) is 0 Å². The fourth-order valence-electron chi connectivity index (χ4n) is 3.67. The Morgan fingerprint density at radius 1 is 0.943 bits per heavy atom. The highest BCUT2D eigenvalue weighted by Gasteiger charge is 2.33. The second-order valence-electron chi connectivity index (χ2n) is 8.41. The van der Waals surface area contributed by atoms with Crippen LogP contribution in [0.2, 0.25) is 0 Å². The Labute approximate surface area is 204 Å². The minimum atomic E-state index is -1.06. The zero-order valence-electron chi connectivity index (χ0n) is 19.8. The van der Waals surface area contributed by atoms with Gasteiger partial charge in [-0.05, 0) is 62.7 Å². The second kappa shape index (κ2) is 11.5. The molecule has 1 aromatic heterocycles. The minimum Gasteiger partial charge on any atom is -0.494 e. The Morgan fingerprint density at radius 2 is 1.60 bits per heavy atom. The van der Waals surface area contributed by atoms with E-state index in [1.807, 2.05) is 43.3 Å². The molecule has 1 atom stereocenters. The fourth-order valence-corrected chi connectivity index (χ4v) is 3.67. The van der Waals surface area contributed by atoms with Crippen molar-refractivity contribution in [1.29, 1.82) is 0 Å². The number of rotatable bonds is 8. The van der Waals surface area contributed by atoms with Crippen LogP contribution >= 0.6 is 0 Å². The number of aromatic nitrogens is 1. The van der Waals surface area contributed by atoms with Gasteiger partial charge < -0.3 is 18.8 Å². The van der Waals surface area contributed by atoms with Gasteiger partial charge in [0.1, 0.15) is 17.2 Å². The van der Waals surface area contributed by atoms with Gasteiger partial charge in [0.2, 0.25) is 0 Å². The van der Waals surface area contributed by atoms with Crippen molar-refractivity contribution in [2.75, 3.05) is 20.1 Å². The molecule has 4 rings (SSSR count). The van der Waals surface area contributed by atoms with Crippen LogP contribution in [0.15, 0.2) is 73.1 Å². The number of hydrogen-bond acceptors (Lipinski definition) is 8. The van der Waals surface area contributed by atoms with Gasteiger partial charge in [-0.1, -0.05) is 30.3 Å². The maximum absolute atomic E-state index is 12.0. The first-order chi connectivity index (χ1) is 17.0. The lowest BCUT2D eigenvalue weighted by atomic mass is 9.78. The fraction of sp³-hybridized carbons (Fsp3) is 0.269. The predicted octanol–water partition coefficient (Wildman–Crippen LogP) is 3.00. The number of pyridine rings is 1. The van der Waals surface area contributed by atoms with Crippen LogP contribution < -0.4 is 14.9 Å². The van der Waals surface area contributed by atoms with Gasteiger partial charge in [0.15, 0.2) is 0 Å². The molecule has 1 fully saturated rings. The number of ether oxygens (including phenoxy) is 2. The standard InChI is InChI=1S/C26H27BN2O6/c1-19(7-8-20-5-3-4-6-24(20)33-23-13-15-28-16-14-23)32-22-11-9-21(10-12-22)27-34-25(30)17-29(2)18-26(31)35-27/h3-6,9-16,19H,7-8,17-18H2,1-2H3. The van der Waals surface area contributed by atoms with E-state index < -0.39 is 19.1 Å². The third kappa shape index (κ3) is 7.07. The summed E-state index contributed by atoms with van der Waals surface area (Å²) in [5.74, 6) is 1.32. The molecule has 1 aliphatic rings. The van der Waals surface area contributed by atoms with E-state index in [-0.39, 0.29) is 19.2 Å². The van der Waals surface area contributed by atoms with E-state index in [9.17, 15) is 9.59 Å². The normalized spacial score (nSPS) is 15.4. The van der Waals surface area contributed by atoms with E-state index in [0.29, 0.717) is 11.2 Å². The first-order valence-electron chi connectivity index (χ1n) is 11.5. The van der Waals surface area contributed by atoms with E-state index in [4.69, 9.17) is 18.8 Å². The Balaban J connectivity index is 1.33. The summed E-state index contributed by atoms with van der Waals surface area (Å²) in [5.41, 5.74) is 1.66. The zero-order valence-corrected chi connectivity index (χ0v) is 19.8. The molecule has 8 nitrogen and oxygen atoms in total. The van der Waals surface area contributed by atoms with Crippen LogP contribution in [-0.2, 0) is 25.3 Å². The van der Waals surface area contributed by atoms with E-state index in [2.05, 4.69) is 4.98 Å². The highest BCUT2D eigenvalue weighted by atomic mass is 16.6. The maximum Gasteiger partial charge on any atom is 0.636 e. The number of carbonyl (C=O) groups is 2. The van der Waals surface area contributed by atoms with Crippen molar-refractivity contribution in [2.45, 2.75) is 25.9 Å². The number of likely N-dealkylation sites (N-methyl/N-ethyl adjacent to an activating group) is 1. The summed E-state index contributed by atoms with van der Waals surface area (Å²) in [6, 6.07) is 18.6. The van der Waals surface area contributed by atoms with Gasteiger partial charge in [0.05, 0.1) is 19.2 Å². The Morgan fingerprint density at radius 3 is 2.29 bits per heavy atom. The monoisotopic (exact) mass is 474 g/mol. The average Bonchev–Trinajstić information content (AvgIpc) is 2.83. The van der Waals surface area contributed by atoms with Crippen molar-refractivity contribution in [3.63, 3.8) is 0 Å². The second-order valence-corrected chi connectivity index (χ2v) is 8.41. The lowest BCUT2D eigenvalue weighted by molar-refractivity contribution is -0.145. The first kappa shape index (κ1) is 24.3. The van der Waals surface area contributed by atoms with Gasteiger partial charge in [-0.25, -0.2) is 0 Å². The molecular formula is C26H27BN2O6. The quantitative estimate of drug-likeness (QED) is 0.461. The highest BCUT2D eigenvalue weighted by molar-refractivity contribution is 6.64. The Hall–Kier alpha value is -3.85. The summed E-state index contributed by atoms with van der Waals surface area (Å²) in [7, 11) is 0.593. The molecule has 0 aliphatic carbocycles. The lowest BCUT2D eigenvalue weighted by Crippen LogP contribution is -2.47. The van der Waals surface area contributed by atoms with Gasteiger partial charge in [-0.2, -0.15) is 0 Å². The Bertz CT molecular complexity index is 1120. The molecule has 2 heterocycles. The summed E-state index contributed by atoms with van der Waals surface area (Å²) in [5, 5.41) is 0. The third-order valence-electron chi connectivity index (χ3n) is 5.43. The molecule has 9 heteroatoms. The molecule has 1 unspecified atom stereocenters. The van der Waals surface area contributed by atoms with Gasteiger partial charge in [-0.3, -0.25) is 19.5 Å². The van der Waals surface area contributed by atoms with Crippen LogP contribution in [0.1, 0.15) is 18.9 Å². The van der Waals surface area contributed by atoms with E-state index in [1.165, 1.54) is 0 Å². The van der Waals surface area contributed by atoms with Crippen LogP contribution in [0.5, 0.6) is 17.2 Å². The van der Waals surface area contributed by atoms with Crippen LogP contribution in [0.25, 0.3) is 0 Å². The molecule has 0 radical (unpaired) electrons. The summed E-state index contributed by atoms with van der Waals surface area (Å²) in [4.78, 5) is 29.5. The van der Waals surface area contributed by atoms with Crippen molar-refractivity contribution >= 4 is 24.5 Å². The first-order valence-corrected chi connectivity index (χ1v) is 11.5. The summed E-state index contributed by atoms with van der Waals surface area (Å²) >= 11 is 0. The molecule has 0 spiro atoms. The maximum atomic E-state index is 12.0. The SMILES string of the molecule is CC(CCc1ccccc1Oc1ccncc1)Oc1ccc(B2OC(=O)CN(C)CC(=O)O2)cc1. The topological polar surface area (TPSA) is 87.2 Å². The van der Waals surface area contributed by atoms with Crippen LogP contribution in [0, 0.1) is 0 Å². The molecule has 2 aromatic carbocycles. The zero-order chi connectivity index (χ0) is 24.6. The van der Waals surface area contributed by atoms with Gasteiger partial charge >= 0.3 is 19.1 Å². The lowest BCUT2D eigenvalue weighted by Gasteiger charge is -2.22. The van der Waals surface area contributed by atoms with Crippen molar-refractivity contribution in [3.8, 4) is 17.2 Å². The van der Waals surface area contributed by atoms with Crippen LogP contribution in [-0.4, -0.2) is 55.2 Å². The molecular weight excluding hydrogens is 447 g/mol. The minimum absolute atomic E-state index is 0.0288. The number of benzene rings is 2. The molecule has 180 valence electrons. The molecule has 0 saturated carbocycles. The van der Waals surface area contributed by atoms with E-state index in [1.54, 1.807) is 48.6 Å². The average molecular weight is 474 g/mol. The van der Waals surface area contributed by atoms with Gasteiger partial charge in [0.25, 0.3) is 0 Å². The number of carbonyl (C=O) groups excluding carboxylic acids is 2. The van der Waals surface area contributed by atoms with E-state index >= 15 is 0 Å². The van der Waals surface area contributed by atoms with Gasteiger partial charge in [-0.15, -0.1) is 0 Å². The summed E-state index contributed by atoms with van der Waals surface area (Å²) < 4.78 is 22.7. The van der Waals surface area contributed by atoms with Crippen molar-refractivity contribution < 1.29 is 28.4 Å². The molecule has 0 amide bonds. The number of nitrogens with zero attached hydrogens (tertiary/aromatic N) is 2. The summed E-state index contributed by atoms with van der Waals surface area (Å²) in [6.07, 6.45) is 4.90. The number of hydrogen-bond donors (Lipinski definition) is 0. The molecule has 0 N–H and O–H groups in total. The molecule has 0 bridgehead atoms. The summed E-state index contributed by atoms with van der Waals surface area (Å²) in [6.45, 7) is 2.07. The predicted molar refractivity (Wildman–Crippen MR) is 131 cm³/mol. The molecule has 1 aliphatic heterocycles. The largest absolute Gasteiger partial charge is 0.636 e. The van der Waals surface area contributed by atoms with Crippen LogP contribution in [0.3, 0.4) is 0 Å². The van der Waals surface area contributed by atoms with Gasteiger partial charge in [0, 0.05) is 17.9 Å². The molecule has 35 heavy (non-hydrogen) atoms. The number of aryl methyl sites for hydroxylation is 1. The number of para-hydroxylation sites is 1. The van der Waals surface area contributed by atoms with E-state index in [0.717, 1.165) is 29.9 Å².